The van der Waals surface area contributed by atoms with Gasteiger partial charge in [-0.15, -0.1) is 0 Å². The Morgan fingerprint density at radius 2 is 2.03 bits per heavy atom. The van der Waals surface area contributed by atoms with Gasteiger partial charge in [0.15, 0.2) is 0 Å². The van der Waals surface area contributed by atoms with Crippen molar-refractivity contribution in [3.05, 3.63) is 87.2 Å². The number of nitrogens with zero attached hydrogens (tertiary/aromatic N) is 3. The largest absolute Gasteiger partial charge is 0.353 e. The van der Waals surface area contributed by atoms with Gasteiger partial charge in [-0.2, -0.15) is 5.10 Å². The summed E-state index contributed by atoms with van der Waals surface area (Å²) in [5.74, 6) is -0.923. The number of aromatic nitrogens is 2. The Bertz CT molecular complexity index is 1280. The molecule has 3 heterocycles. The Kier molecular flexibility index (Phi) is 4.39. The number of fused-ring (bicyclic) bond motifs is 2. The molecule has 2 N–H and O–H groups in total. The number of aliphatic imine (C=N–C) groups is 1. The van der Waals surface area contributed by atoms with Crippen molar-refractivity contribution in [1.82, 2.24) is 20.4 Å². The number of nitrogens with one attached hydrogen (secondary N) is 2. The van der Waals surface area contributed by atoms with E-state index in [1.807, 2.05) is 18.3 Å². The second-order valence-corrected chi connectivity index (χ2v) is 7.40. The van der Waals surface area contributed by atoms with E-state index in [4.69, 9.17) is 0 Å². The van der Waals surface area contributed by atoms with Crippen molar-refractivity contribution >= 4 is 23.0 Å². The molecule has 1 saturated heterocycles. The molecular weight excluding hydrogens is 385 g/mol. The molecule has 0 spiro atoms. The fourth-order valence-electron chi connectivity index (χ4n) is 3.95. The predicted molar refractivity (Wildman–Crippen MR) is 111 cm³/mol. The summed E-state index contributed by atoms with van der Waals surface area (Å²) >= 11 is 0. The van der Waals surface area contributed by atoms with E-state index in [0.29, 0.717) is 30.6 Å². The Morgan fingerprint density at radius 3 is 2.87 bits per heavy atom. The third-order valence-electron chi connectivity index (χ3n) is 5.49. The quantitative estimate of drug-likeness (QED) is 0.700. The molecule has 150 valence electrons. The van der Waals surface area contributed by atoms with Crippen LogP contribution >= 0.6 is 0 Å². The van der Waals surface area contributed by atoms with Crippen molar-refractivity contribution in [2.24, 2.45) is 4.99 Å². The molecule has 3 aromatic rings. The molecule has 1 amide bonds. The first-order chi connectivity index (χ1) is 14.6. The first-order valence-electron chi connectivity index (χ1n) is 9.61. The van der Waals surface area contributed by atoms with Crippen LogP contribution in [0, 0.1) is 5.82 Å². The normalized spacial score (nSPS) is 17.6. The predicted octanol–water partition coefficient (Wildman–Crippen LogP) is 1.99. The van der Waals surface area contributed by atoms with Crippen LogP contribution in [0.4, 0.5) is 4.39 Å². The summed E-state index contributed by atoms with van der Waals surface area (Å²) in [4.78, 5) is 30.9. The van der Waals surface area contributed by atoms with Crippen LogP contribution in [-0.4, -0.2) is 46.5 Å². The minimum absolute atomic E-state index is 0.0254. The second-order valence-electron chi connectivity index (χ2n) is 7.40. The zero-order valence-electron chi connectivity index (χ0n) is 15.9. The standard InChI is InChI=1S/C22H18FN5O2/c23-18-6-5-13(8-19-15-3-1-2-4-16(15)21(29)27-26-19)7-17(18)22(30)28-10-14-9-24-12-25-20(14)11-28/h1-7,9,12,20H,8,10-11H2,(H,24,25)(H,27,29). The van der Waals surface area contributed by atoms with Gasteiger partial charge < -0.3 is 10.2 Å². The molecule has 1 unspecified atom stereocenters. The molecular formula is C22H18FN5O2. The molecule has 2 aliphatic rings. The molecule has 1 fully saturated rings. The zero-order chi connectivity index (χ0) is 20.7. The van der Waals surface area contributed by atoms with Crippen molar-refractivity contribution < 1.29 is 9.18 Å². The number of carbonyl (C=O) groups excluding carboxylic acids is 1. The summed E-state index contributed by atoms with van der Waals surface area (Å²) in [5.41, 5.74) is 2.17. The second kappa shape index (κ2) is 7.22. The Labute approximate surface area is 170 Å². The lowest BCUT2D eigenvalue weighted by Crippen LogP contribution is -2.30. The number of halogens is 1. The minimum atomic E-state index is -0.562. The van der Waals surface area contributed by atoms with Gasteiger partial charge in [0.05, 0.1) is 29.0 Å². The number of likely N-dealkylation sites (tertiary alicyclic amines) is 1. The highest BCUT2D eigenvalue weighted by Crippen LogP contribution is 2.24. The number of hydrogen-bond donors (Lipinski definition) is 2. The summed E-state index contributed by atoms with van der Waals surface area (Å²) in [7, 11) is 0. The Hall–Kier alpha value is -3.81. The van der Waals surface area contributed by atoms with Crippen molar-refractivity contribution in [1.29, 1.82) is 0 Å². The van der Waals surface area contributed by atoms with Gasteiger partial charge in [0, 0.05) is 31.1 Å². The molecule has 7 nitrogen and oxygen atoms in total. The van der Waals surface area contributed by atoms with Gasteiger partial charge in [-0.1, -0.05) is 24.3 Å². The van der Waals surface area contributed by atoms with Gasteiger partial charge in [0.25, 0.3) is 11.5 Å². The van der Waals surface area contributed by atoms with E-state index in [0.717, 1.165) is 16.5 Å². The summed E-state index contributed by atoms with van der Waals surface area (Å²) < 4.78 is 14.5. The molecule has 2 aliphatic heterocycles. The molecule has 0 bridgehead atoms. The first-order valence-corrected chi connectivity index (χ1v) is 9.61. The lowest BCUT2D eigenvalue weighted by molar-refractivity contribution is 0.0789. The van der Waals surface area contributed by atoms with Crippen molar-refractivity contribution in [3.8, 4) is 0 Å². The number of amides is 1. The zero-order valence-corrected chi connectivity index (χ0v) is 15.9. The third kappa shape index (κ3) is 3.16. The van der Waals surface area contributed by atoms with Crippen LogP contribution in [0.1, 0.15) is 21.6 Å². The highest BCUT2D eigenvalue weighted by molar-refractivity contribution is 5.95. The van der Waals surface area contributed by atoms with E-state index in [2.05, 4.69) is 20.5 Å². The van der Waals surface area contributed by atoms with Crippen LogP contribution < -0.4 is 10.9 Å². The van der Waals surface area contributed by atoms with Crippen molar-refractivity contribution in [2.45, 2.75) is 12.5 Å². The van der Waals surface area contributed by atoms with Crippen LogP contribution in [0.3, 0.4) is 0 Å². The van der Waals surface area contributed by atoms with E-state index >= 15 is 0 Å². The number of H-pyrrole nitrogens is 1. The lowest BCUT2D eigenvalue weighted by Gasteiger charge is -2.16. The molecule has 0 radical (unpaired) electrons. The Balaban J connectivity index is 1.45. The third-order valence-corrected chi connectivity index (χ3v) is 5.49. The minimum Gasteiger partial charge on any atom is -0.353 e. The van der Waals surface area contributed by atoms with Gasteiger partial charge >= 0.3 is 0 Å². The van der Waals surface area contributed by atoms with Crippen LogP contribution in [0.2, 0.25) is 0 Å². The highest BCUT2D eigenvalue weighted by Gasteiger charge is 2.32. The highest BCUT2D eigenvalue weighted by atomic mass is 19.1. The summed E-state index contributed by atoms with van der Waals surface area (Å²) in [5, 5.41) is 10.9. The van der Waals surface area contributed by atoms with Gasteiger partial charge in [-0.3, -0.25) is 14.6 Å². The van der Waals surface area contributed by atoms with Crippen LogP contribution in [-0.2, 0) is 6.42 Å². The molecule has 8 heteroatoms. The van der Waals surface area contributed by atoms with E-state index < -0.39 is 5.82 Å². The monoisotopic (exact) mass is 403 g/mol. The molecule has 1 atom stereocenters. The van der Waals surface area contributed by atoms with Gasteiger partial charge in [0.1, 0.15) is 5.82 Å². The fraction of sp³-hybridized carbons (Fsp3) is 0.182. The number of carbonyl (C=O) groups is 1. The molecule has 5 rings (SSSR count). The number of hydrogen-bond acceptors (Lipinski definition) is 5. The maximum atomic E-state index is 14.5. The summed E-state index contributed by atoms with van der Waals surface area (Å²) in [6, 6.07) is 11.6. The fourth-order valence-corrected chi connectivity index (χ4v) is 3.95. The van der Waals surface area contributed by atoms with Gasteiger partial charge in [0.2, 0.25) is 0 Å². The summed E-state index contributed by atoms with van der Waals surface area (Å²) in [6.45, 7) is 0.849. The van der Waals surface area contributed by atoms with Crippen LogP contribution in [0.5, 0.6) is 0 Å². The van der Waals surface area contributed by atoms with Gasteiger partial charge in [-0.25, -0.2) is 9.49 Å². The van der Waals surface area contributed by atoms with Crippen molar-refractivity contribution in [2.75, 3.05) is 13.1 Å². The first kappa shape index (κ1) is 18.2. The SMILES string of the molecule is O=C(c1cc(Cc2n[nH]c(=O)c3ccccc23)ccc1F)N1CC2=CNC=NC2C1. The maximum absolute atomic E-state index is 14.5. The molecule has 0 saturated carbocycles. The molecule has 2 aromatic carbocycles. The van der Waals surface area contributed by atoms with E-state index in [1.54, 1.807) is 35.5 Å². The lowest BCUT2D eigenvalue weighted by atomic mass is 10.0. The van der Waals surface area contributed by atoms with E-state index in [1.165, 1.54) is 6.07 Å². The summed E-state index contributed by atoms with van der Waals surface area (Å²) in [6.07, 6.45) is 3.80. The van der Waals surface area contributed by atoms with E-state index in [-0.39, 0.29) is 23.1 Å². The van der Waals surface area contributed by atoms with E-state index in [9.17, 15) is 14.0 Å². The van der Waals surface area contributed by atoms with Gasteiger partial charge in [-0.05, 0) is 29.3 Å². The molecule has 30 heavy (non-hydrogen) atoms. The number of benzene rings is 2. The average molecular weight is 403 g/mol. The topological polar surface area (TPSA) is 90.5 Å². The van der Waals surface area contributed by atoms with Crippen molar-refractivity contribution in [3.63, 3.8) is 0 Å². The smallest absolute Gasteiger partial charge is 0.272 e. The average Bonchev–Trinajstić information content (AvgIpc) is 3.21. The molecule has 1 aromatic heterocycles. The maximum Gasteiger partial charge on any atom is 0.272 e. The Morgan fingerprint density at radius 1 is 1.20 bits per heavy atom. The van der Waals surface area contributed by atoms with Crippen LogP contribution in [0.15, 0.2) is 64.0 Å². The number of aromatic amines is 1. The number of rotatable bonds is 3. The molecule has 0 aliphatic carbocycles. The van der Waals surface area contributed by atoms with Crippen LogP contribution in [0.25, 0.3) is 10.8 Å².